The number of para-hydroxylation sites is 1. The molecule has 1 aromatic heterocycles. The monoisotopic (exact) mass is 480 g/mol. The van der Waals surface area contributed by atoms with Crippen molar-refractivity contribution in [2.75, 3.05) is 45.2 Å². The highest BCUT2D eigenvalue weighted by atomic mass is 19.4. The smallest absolute Gasteiger partial charge is 0.418 e. The first-order valence-corrected chi connectivity index (χ1v) is 11.2. The molecule has 1 aliphatic heterocycles. The predicted molar refractivity (Wildman–Crippen MR) is 123 cm³/mol. The fourth-order valence-corrected chi connectivity index (χ4v) is 4.38. The van der Waals surface area contributed by atoms with Crippen LogP contribution in [-0.2, 0) is 29.3 Å². The second kappa shape index (κ2) is 10.6. The van der Waals surface area contributed by atoms with E-state index in [1.165, 1.54) is 25.3 Å². The maximum Gasteiger partial charge on any atom is 0.418 e. The largest absolute Gasteiger partial charge is 0.465 e. The molecule has 186 valence electrons. The number of anilines is 1. The molecule has 0 saturated carbocycles. The lowest BCUT2D eigenvalue weighted by Gasteiger charge is -2.22. The number of alkyl halides is 3. The number of hydrogen-bond acceptors (Lipinski definition) is 5. The van der Waals surface area contributed by atoms with Crippen LogP contribution in [0, 0.1) is 13.8 Å². The SMILES string of the molecule is COC(=O)c1c(CN2CCCN(CC(=O)Nc3ccccc3C(F)(F)F)CC2)c(C)n(C)c1C. The molecule has 7 nitrogen and oxygen atoms in total. The van der Waals surface area contributed by atoms with Crippen molar-refractivity contribution >= 4 is 17.6 Å². The molecule has 1 fully saturated rings. The van der Waals surface area contributed by atoms with E-state index in [9.17, 15) is 22.8 Å². The number of nitrogens with zero attached hydrogens (tertiary/aromatic N) is 3. The van der Waals surface area contributed by atoms with E-state index < -0.39 is 17.6 Å². The Bertz CT molecular complexity index is 1050. The second-order valence-electron chi connectivity index (χ2n) is 8.57. The van der Waals surface area contributed by atoms with Gasteiger partial charge in [0.05, 0.1) is 30.5 Å². The highest BCUT2D eigenvalue weighted by molar-refractivity contribution is 5.93. The summed E-state index contributed by atoms with van der Waals surface area (Å²) in [5.74, 6) is -0.837. The molecule has 1 saturated heterocycles. The lowest BCUT2D eigenvalue weighted by atomic mass is 10.1. The quantitative estimate of drug-likeness (QED) is 0.640. The van der Waals surface area contributed by atoms with Gasteiger partial charge in [-0.05, 0) is 45.5 Å². The highest BCUT2D eigenvalue weighted by Gasteiger charge is 2.33. The van der Waals surface area contributed by atoms with Crippen LogP contribution in [0.25, 0.3) is 0 Å². The lowest BCUT2D eigenvalue weighted by Crippen LogP contribution is -2.36. The average molecular weight is 481 g/mol. The molecule has 2 aromatic rings. The molecule has 34 heavy (non-hydrogen) atoms. The van der Waals surface area contributed by atoms with Gasteiger partial charge in [0, 0.05) is 43.6 Å². The van der Waals surface area contributed by atoms with E-state index in [1.54, 1.807) is 0 Å². The van der Waals surface area contributed by atoms with E-state index >= 15 is 0 Å². The van der Waals surface area contributed by atoms with Crippen LogP contribution in [0.4, 0.5) is 18.9 Å². The van der Waals surface area contributed by atoms with Crippen molar-refractivity contribution in [2.45, 2.75) is 33.0 Å². The van der Waals surface area contributed by atoms with Gasteiger partial charge in [-0.15, -0.1) is 0 Å². The first-order chi connectivity index (χ1) is 16.0. The van der Waals surface area contributed by atoms with Gasteiger partial charge in [-0.25, -0.2) is 4.79 Å². The van der Waals surface area contributed by atoms with Gasteiger partial charge in [0.1, 0.15) is 0 Å². The van der Waals surface area contributed by atoms with E-state index in [-0.39, 0.29) is 18.2 Å². The molecular weight excluding hydrogens is 449 g/mol. The van der Waals surface area contributed by atoms with Crippen LogP contribution in [0.3, 0.4) is 0 Å². The van der Waals surface area contributed by atoms with Crippen LogP contribution in [0.2, 0.25) is 0 Å². The predicted octanol–water partition coefficient (Wildman–Crippen LogP) is 3.59. The molecule has 0 aliphatic carbocycles. The van der Waals surface area contributed by atoms with Gasteiger partial charge < -0.3 is 14.6 Å². The molecule has 1 aromatic carbocycles. The third-order valence-corrected chi connectivity index (χ3v) is 6.43. The lowest BCUT2D eigenvalue weighted by molar-refractivity contribution is -0.137. The molecular formula is C24H31F3N4O3. The fourth-order valence-electron chi connectivity index (χ4n) is 4.38. The number of methoxy groups -OCH3 is 1. The molecule has 1 aliphatic rings. The summed E-state index contributed by atoms with van der Waals surface area (Å²) >= 11 is 0. The summed E-state index contributed by atoms with van der Waals surface area (Å²) in [7, 11) is 3.29. The number of benzene rings is 1. The Kier molecular flexibility index (Phi) is 8.04. The van der Waals surface area contributed by atoms with Gasteiger partial charge in [0.15, 0.2) is 0 Å². The molecule has 0 unspecified atom stereocenters. The van der Waals surface area contributed by atoms with E-state index in [2.05, 4.69) is 10.2 Å². The van der Waals surface area contributed by atoms with Crippen LogP contribution in [0.5, 0.6) is 0 Å². The average Bonchev–Trinajstić information content (AvgIpc) is 2.92. The minimum absolute atomic E-state index is 0.0108. The van der Waals surface area contributed by atoms with E-state index in [1.807, 2.05) is 30.4 Å². The van der Waals surface area contributed by atoms with E-state index in [0.717, 1.165) is 36.0 Å². The van der Waals surface area contributed by atoms with Crippen molar-refractivity contribution in [1.29, 1.82) is 0 Å². The van der Waals surface area contributed by atoms with Crippen molar-refractivity contribution in [2.24, 2.45) is 7.05 Å². The zero-order valence-electron chi connectivity index (χ0n) is 20.0. The van der Waals surface area contributed by atoms with Crippen molar-refractivity contribution in [1.82, 2.24) is 14.4 Å². The minimum atomic E-state index is -4.54. The standard InChI is InChI=1S/C24H31F3N4O3/c1-16-18(22(23(33)34-4)17(2)29(16)3)14-30-10-7-11-31(13-12-30)15-21(32)28-20-9-6-5-8-19(20)24(25,26)27/h5-6,8-9H,7,10-15H2,1-4H3,(H,28,32). The summed E-state index contributed by atoms with van der Waals surface area (Å²) in [6, 6.07) is 4.97. The number of aromatic nitrogens is 1. The van der Waals surface area contributed by atoms with Crippen molar-refractivity contribution < 1.29 is 27.5 Å². The third-order valence-electron chi connectivity index (χ3n) is 6.43. The van der Waals surface area contributed by atoms with Crippen LogP contribution in [0.15, 0.2) is 24.3 Å². The van der Waals surface area contributed by atoms with Gasteiger partial charge in [0.25, 0.3) is 0 Å². The molecule has 10 heteroatoms. The van der Waals surface area contributed by atoms with E-state index in [4.69, 9.17) is 4.74 Å². The Labute approximate surface area is 197 Å². The summed E-state index contributed by atoms with van der Waals surface area (Å²) in [4.78, 5) is 29.0. The molecule has 0 radical (unpaired) electrons. The normalized spacial score (nSPS) is 15.7. The summed E-state index contributed by atoms with van der Waals surface area (Å²) < 4.78 is 46.5. The first kappa shape index (κ1) is 25.8. The Hall–Kier alpha value is -2.85. The molecule has 1 amide bonds. The third kappa shape index (κ3) is 5.79. The summed E-state index contributed by atoms with van der Waals surface area (Å²) in [5, 5.41) is 2.41. The van der Waals surface area contributed by atoms with Gasteiger partial charge >= 0.3 is 12.1 Å². The zero-order chi connectivity index (χ0) is 25.0. The van der Waals surface area contributed by atoms with Crippen LogP contribution in [-0.4, -0.2) is 66.1 Å². The number of amides is 1. The van der Waals surface area contributed by atoms with Crippen LogP contribution >= 0.6 is 0 Å². The number of hydrogen-bond donors (Lipinski definition) is 1. The molecule has 2 heterocycles. The number of halogens is 3. The molecule has 0 spiro atoms. The number of carbonyl (C=O) groups excluding carboxylic acids is 2. The Morgan fingerprint density at radius 1 is 1.03 bits per heavy atom. The Morgan fingerprint density at radius 3 is 2.35 bits per heavy atom. The number of ether oxygens (including phenoxy) is 1. The van der Waals surface area contributed by atoms with E-state index in [0.29, 0.717) is 31.7 Å². The van der Waals surface area contributed by atoms with Crippen molar-refractivity contribution in [3.63, 3.8) is 0 Å². The topological polar surface area (TPSA) is 66.8 Å². The summed E-state index contributed by atoms with van der Waals surface area (Å²) in [6.07, 6.45) is -3.74. The number of esters is 1. The van der Waals surface area contributed by atoms with Crippen molar-refractivity contribution in [3.05, 3.63) is 52.3 Å². The maximum atomic E-state index is 13.2. The number of rotatable bonds is 6. The second-order valence-corrected chi connectivity index (χ2v) is 8.57. The molecule has 1 N–H and O–H groups in total. The van der Waals surface area contributed by atoms with Gasteiger partial charge in [-0.3, -0.25) is 14.6 Å². The Morgan fingerprint density at radius 2 is 1.68 bits per heavy atom. The highest BCUT2D eigenvalue weighted by Crippen LogP contribution is 2.34. The number of carbonyl (C=O) groups is 2. The zero-order valence-corrected chi connectivity index (χ0v) is 20.0. The summed E-state index contributed by atoms with van der Waals surface area (Å²) in [6.45, 7) is 7.15. The van der Waals surface area contributed by atoms with Crippen LogP contribution < -0.4 is 5.32 Å². The number of nitrogens with one attached hydrogen (secondary N) is 1. The first-order valence-electron chi connectivity index (χ1n) is 11.2. The van der Waals surface area contributed by atoms with Gasteiger partial charge in [-0.2, -0.15) is 13.2 Å². The van der Waals surface area contributed by atoms with Gasteiger partial charge in [0.2, 0.25) is 5.91 Å². The van der Waals surface area contributed by atoms with Crippen molar-refractivity contribution in [3.8, 4) is 0 Å². The molecule has 0 bridgehead atoms. The maximum absolute atomic E-state index is 13.2. The molecule has 0 atom stereocenters. The van der Waals surface area contributed by atoms with Gasteiger partial charge in [-0.1, -0.05) is 12.1 Å². The fraction of sp³-hybridized carbons (Fsp3) is 0.500. The molecule has 3 rings (SSSR count). The summed E-state index contributed by atoms with van der Waals surface area (Å²) in [5.41, 5.74) is 2.28. The minimum Gasteiger partial charge on any atom is -0.465 e. The van der Waals surface area contributed by atoms with Crippen LogP contribution in [0.1, 0.15) is 39.3 Å². The Balaban J connectivity index is 1.62.